The summed E-state index contributed by atoms with van der Waals surface area (Å²) in [6.45, 7) is 6.32. The van der Waals surface area contributed by atoms with Crippen LogP contribution in [0.1, 0.15) is 26.7 Å². The van der Waals surface area contributed by atoms with Crippen LogP contribution in [0.2, 0.25) is 0 Å². The Kier molecular flexibility index (Phi) is 5.12. The van der Waals surface area contributed by atoms with E-state index in [1.165, 1.54) is 0 Å². The van der Waals surface area contributed by atoms with Gasteiger partial charge < -0.3 is 15.5 Å². The lowest BCUT2D eigenvalue weighted by atomic mass is 9.93. The van der Waals surface area contributed by atoms with E-state index >= 15 is 0 Å². The molecule has 0 aromatic carbocycles. The van der Waals surface area contributed by atoms with E-state index in [0.29, 0.717) is 6.04 Å². The molecule has 1 aliphatic rings. The second-order valence-electron chi connectivity index (χ2n) is 5.73. The average molecular weight is 252 g/mol. The zero-order chi connectivity index (χ0) is 13.8. The van der Waals surface area contributed by atoms with Crippen LogP contribution in [-0.4, -0.2) is 55.0 Å². The number of piperidine rings is 1. The van der Waals surface area contributed by atoms with Crippen molar-refractivity contribution in [3.05, 3.63) is 0 Å². The van der Waals surface area contributed by atoms with Gasteiger partial charge in [0.05, 0.1) is 18.0 Å². The molecule has 0 radical (unpaired) electrons. The summed E-state index contributed by atoms with van der Waals surface area (Å²) in [5, 5.41) is 9.04. The molecule has 2 N–H and O–H groups in total. The van der Waals surface area contributed by atoms with E-state index < -0.39 is 0 Å². The number of rotatable bonds is 4. The van der Waals surface area contributed by atoms with Gasteiger partial charge in [0.1, 0.15) is 0 Å². The molecule has 1 saturated heterocycles. The van der Waals surface area contributed by atoms with Crippen molar-refractivity contribution in [3.63, 3.8) is 0 Å². The van der Waals surface area contributed by atoms with E-state index in [9.17, 15) is 4.79 Å². The second kappa shape index (κ2) is 6.17. The van der Waals surface area contributed by atoms with Crippen molar-refractivity contribution >= 4 is 5.91 Å². The fourth-order valence-corrected chi connectivity index (χ4v) is 2.47. The third-order valence-corrected chi connectivity index (χ3v) is 3.56. The molecule has 18 heavy (non-hydrogen) atoms. The first kappa shape index (κ1) is 14.9. The number of amides is 1. The van der Waals surface area contributed by atoms with Crippen molar-refractivity contribution in [1.82, 2.24) is 9.80 Å². The highest BCUT2D eigenvalue weighted by atomic mass is 16.2. The van der Waals surface area contributed by atoms with Gasteiger partial charge in [-0.2, -0.15) is 5.26 Å². The number of likely N-dealkylation sites (tertiary alicyclic amines) is 1. The van der Waals surface area contributed by atoms with Crippen molar-refractivity contribution in [3.8, 4) is 6.07 Å². The highest BCUT2D eigenvalue weighted by molar-refractivity contribution is 5.78. The number of nitrogens with zero attached hydrogens (tertiary/aromatic N) is 3. The summed E-state index contributed by atoms with van der Waals surface area (Å²) in [6.07, 6.45) is 1.92. The molecule has 0 bridgehead atoms. The number of hydrogen-bond acceptors (Lipinski definition) is 4. The summed E-state index contributed by atoms with van der Waals surface area (Å²) >= 11 is 0. The van der Waals surface area contributed by atoms with Crippen LogP contribution in [0.25, 0.3) is 0 Å². The molecule has 0 unspecified atom stereocenters. The van der Waals surface area contributed by atoms with Crippen LogP contribution in [0.5, 0.6) is 0 Å². The van der Waals surface area contributed by atoms with Gasteiger partial charge in [-0.1, -0.05) is 0 Å². The van der Waals surface area contributed by atoms with E-state index in [1.807, 2.05) is 18.7 Å². The molecule has 0 aliphatic carbocycles. The lowest BCUT2D eigenvalue weighted by Gasteiger charge is -2.38. The van der Waals surface area contributed by atoms with Crippen molar-refractivity contribution in [2.45, 2.75) is 32.7 Å². The number of nitriles is 1. The van der Waals surface area contributed by atoms with E-state index in [4.69, 9.17) is 11.0 Å². The Balaban J connectivity index is 2.43. The quantitative estimate of drug-likeness (QED) is 0.787. The van der Waals surface area contributed by atoms with Crippen LogP contribution in [0.3, 0.4) is 0 Å². The van der Waals surface area contributed by atoms with Crippen LogP contribution >= 0.6 is 0 Å². The molecule has 0 aromatic rings. The van der Waals surface area contributed by atoms with Gasteiger partial charge in [0.25, 0.3) is 0 Å². The maximum atomic E-state index is 11.5. The summed E-state index contributed by atoms with van der Waals surface area (Å²) in [5.41, 5.74) is 5.04. The first-order valence-corrected chi connectivity index (χ1v) is 6.49. The minimum absolute atomic E-state index is 0.0356. The predicted molar refractivity (Wildman–Crippen MR) is 70.7 cm³/mol. The van der Waals surface area contributed by atoms with Crippen LogP contribution < -0.4 is 5.73 Å². The van der Waals surface area contributed by atoms with Crippen LogP contribution in [0, 0.1) is 16.7 Å². The molecule has 1 rings (SSSR count). The van der Waals surface area contributed by atoms with Crippen LogP contribution in [-0.2, 0) is 4.79 Å². The lowest BCUT2D eigenvalue weighted by molar-refractivity contribution is -0.131. The Hall–Kier alpha value is -1.12. The predicted octanol–water partition coefficient (Wildman–Crippen LogP) is 0.418. The first-order valence-electron chi connectivity index (χ1n) is 6.49. The Morgan fingerprint density at radius 2 is 2.06 bits per heavy atom. The molecule has 5 heteroatoms. The Bertz CT molecular complexity index is 326. The lowest BCUT2D eigenvalue weighted by Crippen LogP contribution is -2.48. The molecule has 0 aromatic heterocycles. The summed E-state index contributed by atoms with van der Waals surface area (Å²) in [6, 6.07) is 2.78. The maximum Gasteiger partial charge on any atom is 0.236 e. The topological polar surface area (TPSA) is 73.4 Å². The number of carbonyl (C=O) groups is 1. The minimum Gasteiger partial charge on any atom is -0.341 e. The van der Waals surface area contributed by atoms with Crippen molar-refractivity contribution < 1.29 is 4.79 Å². The van der Waals surface area contributed by atoms with Crippen molar-refractivity contribution in [2.75, 3.05) is 33.2 Å². The largest absolute Gasteiger partial charge is 0.341 e. The molecule has 102 valence electrons. The van der Waals surface area contributed by atoms with Gasteiger partial charge in [-0.3, -0.25) is 4.79 Å². The van der Waals surface area contributed by atoms with Crippen LogP contribution in [0.4, 0.5) is 0 Å². The SMILES string of the molecule is CN(CC(C)(C)C#N)C1CCN(C(=O)CN)CC1. The summed E-state index contributed by atoms with van der Waals surface area (Å²) in [4.78, 5) is 15.5. The second-order valence-corrected chi connectivity index (χ2v) is 5.73. The number of hydrogen-bond donors (Lipinski definition) is 1. The molecule has 1 aliphatic heterocycles. The number of nitrogens with two attached hydrogens (primary N) is 1. The van der Waals surface area contributed by atoms with Gasteiger partial charge in [-0.25, -0.2) is 0 Å². The number of carbonyl (C=O) groups excluding carboxylic acids is 1. The molecular weight excluding hydrogens is 228 g/mol. The fourth-order valence-electron chi connectivity index (χ4n) is 2.47. The monoisotopic (exact) mass is 252 g/mol. The van der Waals surface area contributed by atoms with E-state index in [2.05, 4.69) is 18.0 Å². The highest BCUT2D eigenvalue weighted by Gasteiger charge is 2.28. The Morgan fingerprint density at radius 1 is 1.50 bits per heavy atom. The van der Waals surface area contributed by atoms with Gasteiger partial charge >= 0.3 is 0 Å². The van der Waals surface area contributed by atoms with Gasteiger partial charge in [-0.15, -0.1) is 0 Å². The van der Waals surface area contributed by atoms with Gasteiger partial charge in [0.2, 0.25) is 5.91 Å². The summed E-state index contributed by atoms with van der Waals surface area (Å²) in [5.74, 6) is 0.0356. The molecule has 0 spiro atoms. The Morgan fingerprint density at radius 3 is 2.50 bits per heavy atom. The average Bonchev–Trinajstić information content (AvgIpc) is 2.37. The third-order valence-electron chi connectivity index (χ3n) is 3.56. The molecule has 1 heterocycles. The zero-order valence-corrected chi connectivity index (χ0v) is 11.6. The summed E-state index contributed by atoms with van der Waals surface area (Å²) in [7, 11) is 2.06. The van der Waals surface area contributed by atoms with E-state index in [1.54, 1.807) is 0 Å². The van der Waals surface area contributed by atoms with Gasteiger partial charge in [0, 0.05) is 25.7 Å². The van der Waals surface area contributed by atoms with Crippen molar-refractivity contribution in [2.24, 2.45) is 11.1 Å². The maximum absolute atomic E-state index is 11.5. The first-order chi connectivity index (χ1) is 8.39. The fraction of sp³-hybridized carbons (Fsp3) is 0.846. The molecule has 1 fully saturated rings. The zero-order valence-electron chi connectivity index (χ0n) is 11.6. The molecule has 0 saturated carbocycles. The Labute approximate surface area is 110 Å². The van der Waals surface area contributed by atoms with Crippen molar-refractivity contribution in [1.29, 1.82) is 5.26 Å². The van der Waals surface area contributed by atoms with E-state index in [0.717, 1.165) is 32.5 Å². The van der Waals surface area contributed by atoms with Gasteiger partial charge in [-0.05, 0) is 33.7 Å². The smallest absolute Gasteiger partial charge is 0.236 e. The van der Waals surface area contributed by atoms with Gasteiger partial charge in [0.15, 0.2) is 0 Å². The normalized spacial score (nSPS) is 17.9. The van der Waals surface area contributed by atoms with Crippen LogP contribution in [0.15, 0.2) is 0 Å². The molecule has 5 nitrogen and oxygen atoms in total. The third kappa shape index (κ3) is 3.97. The minimum atomic E-state index is -0.320. The van der Waals surface area contributed by atoms with E-state index in [-0.39, 0.29) is 17.9 Å². The highest BCUT2D eigenvalue weighted by Crippen LogP contribution is 2.21. The standard InChI is InChI=1S/C13H24N4O/c1-13(2,9-15)10-16(3)11-4-6-17(7-5-11)12(18)8-14/h11H,4-8,10,14H2,1-3H3. The molecule has 1 amide bonds. The summed E-state index contributed by atoms with van der Waals surface area (Å²) < 4.78 is 0. The molecular formula is C13H24N4O. The molecule has 0 atom stereocenters.